The monoisotopic (exact) mass is 148 g/mol. The molecule has 1 aliphatic heterocycles. The van der Waals surface area contributed by atoms with E-state index in [-0.39, 0.29) is 0 Å². The Morgan fingerprint density at radius 3 is 2.67 bits per heavy atom. The zero-order chi connectivity index (χ0) is 6.91. The van der Waals surface area contributed by atoms with Gasteiger partial charge in [0.05, 0.1) is 0 Å². The van der Waals surface area contributed by atoms with Crippen LogP contribution in [0.5, 0.6) is 0 Å². The zero-order valence-corrected chi connectivity index (χ0v) is 5.85. The third kappa shape index (κ3) is 1.22. The molecule has 0 fully saturated rings. The Hall–Kier alpha value is -0.550. The van der Waals surface area contributed by atoms with E-state index in [9.17, 15) is 8.42 Å². The van der Waals surface area contributed by atoms with Gasteiger partial charge in [-0.3, -0.25) is 4.72 Å². The molecule has 0 unspecified atom stereocenters. The van der Waals surface area contributed by atoms with E-state index in [0.717, 1.165) is 0 Å². The second-order valence-electron chi connectivity index (χ2n) is 1.81. The lowest BCUT2D eigenvalue weighted by molar-refractivity contribution is 0.486. The molecule has 0 saturated heterocycles. The maximum atomic E-state index is 10.7. The summed E-state index contributed by atoms with van der Waals surface area (Å²) in [6.45, 7) is 0.454. The lowest BCUT2D eigenvalue weighted by Crippen LogP contribution is -2.38. The van der Waals surface area contributed by atoms with Crippen molar-refractivity contribution in [3.63, 3.8) is 0 Å². The van der Waals surface area contributed by atoms with Gasteiger partial charge < -0.3 is 0 Å². The van der Waals surface area contributed by atoms with E-state index in [1.165, 1.54) is 17.6 Å². The lowest BCUT2D eigenvalue weighted by Gasteiger charge is -2.17. The fraction of sp³-hybridized carbons (Fsp3) is 0.500. The highest BCUT2D eigenvalue weighted by atomic mass is 32.2. The molecule has 0 spiro atoms. The summed E-state index contributed by atoms with van der Waals surface area (Å²) in [4.78, 5) is 0. The average molecular weight is 148 g/mol. The SMILES string of the molecule is CN1CC=CNS1(=O)=O. The van der Waals surface area contributed by atoms with Crippen LogP contribution >= 0.6 is 0 Å². The molecule has 5 heteroatoms. The fourth-order valence-electron chi connectivity index (χ4n) is 0.523. The standard InChI is InChI=1S/C4H8N2O2S/c1-6-4-2-3-5-9(6,7)8/h2-3,5H,4H2,1H3. The van der Waals surface area contributed by atoms with Gasteiger partial charge >= 0.3 is 10.2 Å². The molecule has 0 amide bonds. The van der Waals surface area contributed by atoms with E-state index in [1.54, 1.807) is 6.08 Å². The van der Waals surface area contributed by atoms with Crippen LogP contribution in [0.2, 0.25) is 0 Å². The molecule has 0 aromatic heterocycles. The van der Waals surface area contributed by atoms with Crippen LogP contribution in [0.1, 0.15) is 0 Å². The van der Waals surface area contributed by atoms with Crippen molar-refractivity contribution in [3.8, 4) is 0 Å². The minimum atomic E-state index is -3.16. The number of rotatable bonds is 0. The van der Waals surface area contributed by atoms with Crippen molar-refractivity contribution in [2.45, 2.75) is 0 Å². The maximum Gasteiger partial charge on any atom is 0.301 e. The molecule has 0 bridgehead atoms. The van der Waals surface area contributed by atoms with Crippen molar-refractivity contribution >= 4 is 10.2 Å². The van der Waals surface area contributed by atoms with Gasteiger partial charge in [0, 0.05) is 19.8 Å². The quantitative estimate of drug-likeness (QED) is 0.493. The van der Waals surface area contributed by atoms with E-state index in [0.29, 0.717) is 6.54 Å². The van der Waals surface area contributed by atoms with Gasteiger partial charge in [-0.1, -0.05) is 6.08 Å². The predicted molar refractivity (Wildman–Crippen MR) is 33.8 cm³/mol. The first-order valence-electron chi connectivity index (χ1n) is 2.51. The fourth-order valence-corrected chi connectivity index (χ4v) is 1.25. The molecule has 4 nitrogen and oxygen atoms in total. The highest BCUT2D eigenvalue weighted by Crippen LogP contribution is 1.97. The summed E-state index contributed by atoms with van der Waals surface area (Å²) >= 11 is 0. The number of nitrogens with zero attached hydrogens (tertiary/aromatic N) is 1. The topological polar surface area (TPSA) is 49.4 Å². The van der Waals surface area contributed by atoms with Crippen LogP contribution in [0.15, 0.2) is 12.3 Å². The number of hydrogen-bond donors (Lipinski definition) is 1. The molecule has 1 aliphatic rings. The van der Waals surface area contributed by atoms with Gasteiger partial charge in [0.25, 0.3) is 0 Å². The predicted octanol–water partition coefficient (Wildman–Crippen LogP) is -0.720. The van der Waals surface area contributed by atoms with Crippen molar-refractivity contribution in [2.24, 2.45) is 0 Å². The summed E-state index contributed by atoms with van der Waals surface area (Å²) in [6, 6.07) is 0. The van der Waals surface area contributed by atoms with Crippen LogP contribution in [0.25, 0.3) is 0 Å². The van der Waals surface area contributed by atoms with Crippen LogP contribution in [0.3, 0.4) is 0 Å². The highest BCUT2D eigenvalue weighted by molar-refractivity contribution is 7.87. The van der Waals surface area contributed by atoms with E-state index in [2.05, 4.69) is 4.72 Å². The smallest absolute Gasteiger partial charge is 0.278 e. The molecule has 9 heavy (non-hydrogen) atoms. The van der Waals surface area contributed by atoms with Crippen molar-refractivity contribution in [2.75, 3.05) is 13.6 Å². The summed E-state index contributed by atoms with van der Waals surface area (Å²) in [6.07, 6.45) is 3.16. The van der Waals surface area contributed by atoms with Gasteiger partial charge in [0.1, 0.15) is 0 Å². The molecule has 1 N–H and O–H groups in total. The van der Waals surface area contributed by atoms with Gasteiger partial charge in [0.2, 0.25) is 0 Å². The van der Waals surface area contributed by atoms with E-state index in [1.807, 2.05) is 0 Å². The second-order valence-corrected chi connectivity index (χ2v) is 3.61. The van der Waals surface area contributed by atoms with Crippen LogP contribution < -0.4 is 4.72 Å². The molecular formula is C4H8N2O2S. The summed E-state index contributed by atoms with van der Waals surface area (Å²) in [5.41, 5.74) is 0. The summed E-state index contributed by atoms with van der Waals surface area (Å²) < 4.78 is 24.9. The van der Waals surface area contributed by atoms with E-state index < -0.39 is 10.2 Å². The maximum absolute atomic E-state index is 10.7. The lowest BCUT2D eigenvalue weighted by atomic mass is 10.6. The third-order valence-electron chi connectivity index (χ3n) is 1.11. The van der Waals surface area contributed by atoms with Crippen molar-refractivity contribution in [1.82, 2.24) is 9.03 Å². The Balaban J connectivity index is 2.90. The second kappa shape index (κ2) is 2.00. The summed E-state index contributed by atoms with van der Waals surface area (Å²) in [7, 11) is -1.65. The molecule has 1 heterocycles. The van der Waals surface area contributed by atoms with Gasteiger partial charge in [-0.2, -0.15) is 12.7 Å². The number of nitrogens with one attached hydrogen (secondary N) is 1. The summed E-state index contributed by atoms with van der Waals surface area (Å²) in [5, 5.41) is 0. The van der Waals surface area contributed by atoms with Crippen molar-refractivity contribution in [1.29, 1.82) is 0 Å². The minimum absolute atomic E-state index is 0.454. The number of hydrogen-bond acceptors (Lipinski definition) is 2. The first kappa shape index (κ1) is 6.57. The van der Waals surface area contributed by atoms with Gasteiger partial charge in [0.15, 0.2) is 0 Å². The molecular weight excluding hydrogens is 140 g/mol. The Morgan fingerprint density at radius 2 is 2.33 bits per heavy atom. The molecule has 1 rings (SSSR count). The van der Waals surface area contributed by atoms with E-state index >= 15 is 0 Å². The molecule has 0 radical (unpaired) electrons. The largest absolute Gasteiger partial charge is 0.301 e. The first-order chi connectivity index (χ1) is 4.13. The first-order valence-corrected chi connectivity index (χ1v) is 3.95. The van der Waals surface area contributed by atoms with Crippen molar-refractivity contribution < 1.29 is 8.42 Å². The van der Waals surface area contributed by atoms with Crippen LogP contribution in [0, 0.1) is 0 Å². The van der Waals surface area contributed by atoms with Crippen LogP contribution in [-0.2, 0) is 10.2 Å². The molecule has 0 aromatic rings. The Labute approximate surface area is 54.3 Å². The third-order valence-corrected chi connectivity index (χ3v) is 2.51. The molecule has 0 saturated carbocycles. The highest BCUT2D eigenvalue weighted by Gasteiger charge is 2.16. The summed E-state index contributed by atoms with van der Waals surface area (Å²) in [5.74, 6) is 0. The molecule has 0 atom stereocenters. The Kier molecular flexibility index (Phi) is 1.46. The van der Waals surface area contributed by atoms with E-state index in [4.69, 9.17) is 0 Å². The van der Waals surface area contributed by atoms with Gasteiger partial charge in [-0.25, -0.2) is 0 Å². The van der Waals surface area contributed by atoms with Gasteiger partial charge in [-0.15, -0.1) is 0 Å². The average Bonchev–Trinajstić information content (AvgIpc) is 1.77. The van der Waals surface area contributed by atoms with Crippen molar-refractivity contribution in [3.05, 3.63) is 12.3 Å². The van der Waals surface area contributed by atoms with Crippen LogP contribution in [-0.4, -0.2) is 26.3 Å². The molecule has 0 aliphatic carbocycles. The molecule has 52 valence electrons. The van der Waals surface area contributed by atoms with Crippen LogP contribution in [0.4, 0.5) is 0 Å². The molecule has 0 aromatic carbocycles. The zero-order valence-electron chi connectivity index (χ0n) is 5.03. The Morgan fingerprint density at radius 1 is 1.67 bits per heavy atom. The number of likely N-dealkylation sites (N-methyl/N-ethyl adjacent to an activating group) is 1. The minimum Gasteiger partial charge on any atom is -0.278 e. The Bertz CT molecular complexity index is 219. The normalized spacial score (nSPS) is 25.4. The van der Waals surface area contributed by atoms with Gasteiger partial charge in [-0.05, 0) is 0 Å².